The first-order valence-electron chi connectivity index (χ1n) is 32.4. The molecule has 0 radical (unpaired) electrons. The van der Waals surface area contributed by atoms with Crippen molar-refractivity contribution in [3.05, 3.63) is 113 Å². The molecule has 4 bridgehead atoms. The zero-order valence-electron chi connectivity index (χ0n) is 54.8. The van der Waals surface area contributed by atoms with Crippen molar-refractivity contribution in [3.8, 4) is 11.5 Å². The van der Waals surface area contributed by atoms with Crippen LogP contribution in [0.3, 0.4) is 0 Å². The van der Waals surface area contributed by atoms with Crippen molar-refractivity contribution in [2.45, 2.75) is 124 Å². The van der Waals surface area contributed by atoms with Crippen LogP contribution >= 0.6 is 23.5 Å². The average molecular weight is 1420 g/mol. The number of imidazole rings is 1. The number of phenols is 1. The lowest BCUT2D eigenvalue weighted by atomic mass is 10.0. The maximum atomic E-state index is 15.2. The molecular weight excluding hydrogens is 1340 g/mol. The fraction of sp³-hybridized carbons (Fsp3) is 0.446. The van der Waals surface area contributed by atoms with E-state index in [0.29, 0.717) is 58.4 Å². The second kappa shape index (κ2) is 39.8. The number of aliphatic hydroxyl groups is 1. The van der Waals surface area contributed by atoms with Gasteiger partial charge in [0.25, 0.3) is 5.91 Å². The summed E-state index contributed by atoms with van der Waals surface area (Å²) in [6.07, 6.45) is 6.78. The van der Waals surface area contributed by atoms with Gasteiger partial charge in [-0.3, -0.25) is 58.1 Å². The maximum Gasteiger partial charge on any atom is 0.266 e. The van der Waals surface area contributed by atoms with Crippen molar-refractivity contribution < 1.29 is 72.5 Å². The van der Waals surface area contributed by atoms with Crippen molar-refractivity contribution >= 4 is 112 Å². The van der Waals surface area contributed by atoms with Crippen LogP contribution in [0.1, 0.15) is 79.3 Å². The van der Waals surface area contributed by atoms with Gasteiger partial charge in [-0.2, -0.15) is 23.5 Å². The highest BCUT2D eigenvalue weighted by Crippen LogP contribution is 2.26. The number of ether oxygens (including phenoxy) is 1. The van der Waals surface area contributed by atoms with E-state index in [-0.39, 0.29) is 105 Å². The van der Waals surface area contributed by atoms with Crippen LogP contribution in [0.2, 0.25) is 0 Å². The number of carbonyl (C=O) groups excluding carboxylic acids is 11. The molecule has 3 aromatic carbocycles. The van der Waals surface area contributed by atoms with Gasteiger partial charge < -0.3 is 100 Å². The van der Waals surface area contributed by atoms with Gasteiger partial charge in [-0.25, -0.2) is 4.98 Å². The van der Waals surface area contributed by atoms with Crippen LogP contribution in [0.4, 0.5) is 0 Å². The van der Waals surface area contributed by atoms with Gasteiger partial charge in [-0.1, -0.05) is 41.6 Å². The number of oxime groups is 1. The zero-order chi connectivity index (χ0) is 71.9. The lowest BCUT2D eigenvalue weighted by Crippen LogP contribution is -2.60. The third kappa shape index (κ3) is 25.8. The van der Waals surface area contributed by atoms with Crippen LogP contribution in [0, 0.1) is 11.3 Å². The number of carbonyl (C=O) groups is 11. The third-order valence-corrected chi connectivity index (χ3v) is 18.1. The standard InChI is InChI=1S/C65H86N18O15S2/c66-54(86)16-15-47-60(92)83-53-35-100-33-39-20-38(21-44(22-39)97-18-5-1-2-6-19-98-76-30-56(88)77-47)32-99-34-52(57(67)89)82-63(95)51(31-84)81-58(90)40(8-7-17-71-65(68)69)26-73-55(87)29-74-59(91)48(23-37-11-13-43(85)14-12-37)78-61(93)49(24-41-27-72-46-10-4-3-9-45(41)46)79-62(94)50(80-64(53)96)25-42-28-70-36-75-42/h3-4,9-14,20-22,27-28,30,36,40,47-53,72,84-85H,1-2,5-8,15-19,23-26,29,31-35H2,(H2,66,86)(H2,67,89)(H,70,75)(H,73,87)(H,74,91)(H,77,88)(H,78,93)(H,79,94)(H,80,96)(H,81,90)(H,82,95)(H,83,92)(H4,68,69,71)/b76-30+/t40-,47-,48-,49-,50-,51+,52-,53-/m0/s1. The second-order valence-corrected chi connectivity index (χ2v) is 25.8. The Balaban J connectivity index is 1.29. The number of thioether (sulfide) groups is 2. The molecular formula is C65H86N18O15S2. The van der Waals surface area contributed by atoms with Gasteiger partial charge in [-0.15, -0.1) is 0 Å². The van der Waals surface area contributed by atoms with Crippen LogP contribution in [-0.2, 0) is 88.3 Å². The molecule has 0 spiro atoms. The molecule has 2 aliphatic rings. The van der Waals surface area contributed by atoms with Gasteiger partial charge in [-0.05, 0) is 97.5 Å². The first kappa shape index (κ1) is 76.9. The van der Waals surface area contributed by atoms with E-state index in [4.69, 9.17) is 32.2 Å². The van der Waals surface area contributed by atoms with E-state index in [2.05, 4.69) is 73.3 Å². The summed E-state index contributed by atoms with van der Waals surface area (Å²) < 4.78 is 6.27. The van der Waals surface area contributed by atoms with Crippen molar-refractivity contribution in [1.82, 2.24) is 68.1 Å². The normalized spacial score (nSPS) is 22.7. The maximum absolute atomic E-state index is 15.2. The molecule has 0 aliphatic carbocycles. The van der Waals surface area contributed by atoms with E-state index < -0.39 is 126 Å². The number of para-hydroxylation sites is 1. The number of nitrogens with zero attached hydrogens (tertiary/aromatic N) is 2. The number of benzene rings is 3. The third-order valence-electron chi connectivity index (χ3n) is 15.9. The van der Waals surface area contributed by atoms with E-state index >= 15 is 14.4 Å². The molecule has 2 aliphatic heterocycles. The number of amides is 11. The zero-order valence-corrected chi connectivity index (χ0v) is 56.4. The molecule has 21 N–H and O–H groups in total. The minimum atomic E-state index is -1.62. The van der Waals surface area contributed by atoms with Gasteiger partial charge in [0, 0.05) is 85.1 Å². The van der Waals surface area contributed by atoms with E-state index in [1.165, 1.54) is 60.3 Å². The molecule has 0 unspecified atom stereocenters. The van der Waals surface area contributed by atoms with Crippen LogP contribution < -0.4 is 75.1 Å². The molecule has 7 rings (SSSR count). The Kier molecular flexibility index (Phi) is 30.7. The lowest BCUT2D eigenvalue weighted by Gasteiger charge is -2.27. The molecule has 0 saturated carbocycles. The first-order valence-corrected chi connectivity index (χ1v) is 34.7. The smallest absolute Gasteiger partial charge is 0.266 e. The fourth-order valence-corrected chi connectivity index (χ4v) is 12.6. The van der Waals surface area contributed by atoms with E-state index in [9.17, 15) is 48.6 Å². The lowest BCUT2D eigenvalue weighted by molar-refractivity contribution is -0.135. The van der Waals surface area contributed by atoms with Gasteiger partial charge in [0.05, 0.1) is 37.7 Å². The molecule has 33 nitrogen and oxygen atoms in total. The molecule has 4 heterocycles. The summed E-state index contributed by atoms with van der Waals surface area (Å²) >= 11 is 2.38. The van der Waals surface area contributed by atoms with E-state index in [0.717, 1.165) is 19.1 Å². The summed E-state index contributed by atoms with van der Waals surface area (Å²) in [5, 5.41) is 58.9. The second-order valence-electron chi connectivity index (χ2n) is 23.8. The highest BCUT2D eigenvalue weighted by Gasteiger charge is 2.35. The monoisotopic (exact) mass is 1420 g/mol. The molecule has 100 heavy (non-hydrogen) atoms. The summed E-state index contributed by atoms with van der Waals surface area (Å²) in [7, 11) is 0. The summed E-state index contributed by atoms with van der Waals surface area (Å²) in [6, 6.07) is 7.77. The Bertz CT molecular complexity index is 3670. The predicted octanol–water partition coefficient (Wildman–Crippen LogP) is -1.99. The molecule has 538 valence electrons. The number of phenolic OH excluding ortho intramolecular Hbond substituents is 1. The quantitative estimate of drug-likeness (QED) is 0.0306. The van der Waals surface area contributed by atoms with E-state index in [1.54, 1.807) is 42.6 Å². The van der Waals surface area contributed by atoms with Gasteiger partial charge in [0.1, 0.15) is 66.6 Å². The number of aromatic amines is 2. The summed E-state index contributed by atoms with van der Waals surface area (Å²) in [4.78, 5) is 170. The Morgan fingerprint density at radius 3 is 2.02 bits per heavy atom. The van der Waals surface area contributed by atoms with Gasteiger partial charge in [0.2, 0.25) is 59.1 Å². The van der Waals surface area contributed by atoms with Crippen molar-refractivity contribution in [1.29, 1.82) is 5.41 Å². The number of H-pyrrole nitrogens is 2. The fourth-order valence-electron chi connectivity index (χ4n) is 10.6. The molecule has 11 amide bonds. The number of nitrogens with one attached hydrogen (secondary N) is 13. The highest BCUT2D eigenvalue weighted by molar-refractivity contribution is 7.98. The van der Waals surface area contributed by atoms with E-state index in [1.807, 2.05) is 6.07 Å². The molecule has 8 atom stereocenters. The molecule has 35 heteroatoms. The Hall–Kier alpha value is -10.4. The largest absolute Gasteiger partial charge is 0.508 e. The number of aliphatic hydroxyl groups excluding tert-OH is 1. The van der Waals surface area contributed by atoms with Gasteiger partial charge in [0.15, 0.2) is 5.96 Å². The van der Waals surface area contributed by atoms with Crippen molar-refractivity contribution in [3.63, 3.8) is 0 Å². The summed E-state index contributed by atoms with van der Waals surface area (Å²) in [6.45, 7) is -1.44. The van der Waals surface area contributed by atoms with Crippen LogP contribution in [0.5, 0.6) is 11.5 Å². The number of fused-ring (bicyclic) bond motifs is 6. The predicted molar refractivity (Wildman–Crippen MR) is 370 cm³/mol. The van der Waals surface area contributed by atoms with Crippen LogP contribution in [-0.4, -0.2) is 196 Å². The number of hydrogen-bond acceptors (Lipinski definition) is 20. The van der Waals surface area contributed by atoms with Crippen LogP contribution in [0.25, 0.3) is 10.9 Å². The first-order chi connectivity index (χ1) is 48.1. The molecule has 0 fully saturated rings. The number of guanidine groups is 1. The molecule has 5 aromatic rings. The Labute approximate surface area is 583 Å². The highest BCUT2D eigenvalue weighted by atomic mass is 32.2. The Morgan fingerprint density at radius 2 is 1.33 bits per heavy atom. The molecule has 2 aromatic heterocycles. The summed E-state index contributed by atoms with van der Waals surface area (Å²) in [5.74, 6) is -10.7. The number of rotatable bonds is 15. The molecule has 0 saturated heterocycles. The topological polar surface area (TPSA) is 526 Å². The minimum absolute atomic E-state index is 0.0346. The van der Waals surface area contributed by atoms with Gasteiger partial charge >= 0.3 is 0 Å². The summed E-state index contributed by atoms with van der Waals surface area (Å²) in [5.41, 5.74) is 20.1. The Morgan fingerprint density at radius 1 is 0.670 bits per heavy atom. The van der Waals surface area contributed by atoms with Crippen LogP contribution in [0.15, 0.2) is 90.6 Å². The minimum Gasteiger partial charge on any atom is -0.508 e. The number of hydrogen-bond donors (Lipinski definition) is 18. The number of primary amides is 2. The van der Waals surface area contributed by atoms with Crippen molar-refractivity contribution in [2.24, 2.45) is 28.3 Å². The van der Waals surface area contributed by atoms with Crippen molar-refractivity contribution in [2.75, 3.05) is 51.0 Å². The number of aromatic hydroxyl groups is 1. The average Bonchev–Trinajstić information content (AvgIpc) is 1.61. The number of aromatic nitrogens is 3. The number of nitrogens with two attached hydrogens (primary N) is 3. The SMILES string of the molecule is N=C(N)NCCC[C@H]1CNC(=O)CNC(=O)[C@H](Cc2ccc(O)cc2)NC(=O)[C@H](Cc2c[nH]c3ccccc23)NC(=O)[C@H](Cc2c[nH]cn2)NC(=O)[C@@H]2CSCc3cc(cc(c3)OCCCCCCO/N=C/C(=O)N[C@@H](CCC(N)=O)C(=O)N2)CSC[C@@H](C(N)=O)NC(=O)[C@@H](CO)NC1=O.